The lowest BCUT2D eigenvalue weighted by Gasteiger charge is -2.33. The molecule has 0 radical (unpaired) electrons. The van der Waals surface area contributed by atoms with Crippen LogP contribution in [0.1, 0.15) is 32.1 Å². The standard InChI is InChI=1S/C15H20N4O2/c1-19-10-18-12-11(19)5-8-16-13(12)17-9-15(14(20)21)6-3-2-4-7-15/h5,8,10H,2-4,6-7,9H2,1H3,(H,16,17)(H,20,21). The molecule has 0 atom stereocenters. The lowest BCUT2D eigenvalue weighted by molar-refractivity contribution is -0.150. The van der Waals surface area contributed by atoms with Gasteiger partial charge in [-0.3, -0.25) is 4.79 Å². The van der Waals surface area contributed by atoms with Crippen LogP contribution in [0.5, 0.6) is 0 Å². The number of carbonyl (C=O) groups is 1. The second-order valence-electron chi connectivity index (χ2n) is 5.88. The highest BCUT2D eigenvalue weighted by molar-refractivity contribution is 5.86. The van der Waals surface area contributed by atoms with Crippen molar-refractivity contribution in [3.05, 3.63) is 18.6 Å². The van der Waals surface area contributed by atoms with Crippen molar-refractivity contribution in [1.29, 1.82) is 0 Å². The Kier molecular flexibility index (Phi) is 3.53. The third-order valence-corrected chi connectivity index (χ3v) is 4.50. The van der Waals surface area contributed by atoms with Crippen LogP contribution in [0, 0.1) is 5.41 Å². The Hall–Kier alpha value is -2.11. The number of rotatable bonds is 4. The van der Waals surface area contributed by atoms with E-state index in [1.807, 2.05) is 17.7 Å². The molecule has 0 bridgehead atoms. The van der Waals surface area contributed by atoms with Crippen LogP contribution in [-0.4, -0.2) is 32.2 Å². The van der Waals surface area contributed by atoms with Gasteiger partial charge < -0.3 is 15.0 Å². The molecule has 0 spiro atoms. The van der Waals surface area contributed by atoms with Crippen LogP contribution < -0.4 is 5.32 Å². The van der Waals surface area contributed by atoms with E-state index in [2.05, 4.69) is 15.3 Å². The number of aryl methyl sites for hydroxylation is 1. The van der Waals surface area contributed by atoms with Crippen molar-refractivity contribution in [2.45, 2.75) is 32.1 Å². The number of carboxylic acid groups (broad SMARTS) is 1. The molecule has 0 saturated heterocycles. The summed E-state index contributed by atoms with van der Waals surface area (Å²) in [7, 11) is 1.93. The Balaban J connectivity index is 1.83. The first kappa shape index (κ1) is 13.9. The quantitative estimate of drug-likeness (QED) is 0.903. The summed E-state index contributed by atoms with van der Waals surface area (Å²) in [5.74, 6) is -0.0396. The molecule has 112 valence electrons. The highest BCUT2D eigenvalue weighted by Crippen LogP contribution is 2.37. The third-order valence-electron chi connectivity index (χ3n) is 4.50. The predicted octanol–water partition coefficient (Wildman–Crippen LogP) is 2.42. The normalized spacial score (nSPS) is 17.8. The van der Waals surface area contributed by atoms with Gasteiger partial charge in [0, 0.05) is 19.8 Å². The fraction of sp³-hybridized carbons (Fsp3) is 0.533. The van der Waals surface area contributed by atoms with E-state index in [0.717, 1.165) is 43.1 Å². The van der Waals surface area contributed by atoms with Gasteiger partial charge in [-0.25, -0.2) is 9.97 Å². The average Bonchev–Trinajstić information content (AvgIpc) is 2.88. The number of nitrogens with zero attached hydrogens (tertiary/aromatic N) is 3. The molecule has 0 aromatic carbocycles. The van der Waals surface area contributed by atoms with Crippen LogP contribution in [0.4, 0.5) is 5.82 Å². The summed E-state index contributed by atoms with van der Waals surface area (Å²) in [6.07, 6.45) is 8.01. The van der Waals surface area contributed by atoms with Crippen LogP contribution in [0.15, 0.2) is 18.6 Å². The van der Waals surface area contributed by atoms with E-state index < -0.39 is 11.4 Å². The number of carboxylic acids is 1. The number of anilines is 1. The molecular formula is C15H20N4O2. The fourth-order valence-electron chi connectivity index (χ4n) is 3.14. The summed E-state index contributed by atoms with van der Waals surface area (Å²) in [5.41, 5.74) is 1.11. The number of hydrogen-bond donors (Lipinski definition) is 2. The monoisotopic (exact) mass is 288 g/mol. The molecule has 2 aromatic heterocycles. The molecule has 6 nitrogen and oxygen atoms in total. The van der Waals surface area contributed by atoms with E-state index in [1.54, 1.807) is 12.5 Å². The molecule has 1 aliphatic carbocycles. The van der Waals surface area contributed by atoms with Gasteiger partial charge in [-0.2, -0.15) is 0 Å². The third kappa shape index (κ3) is 2.46. The number of imidazole rings is 1. The Bertz CT molecular complexity index is 659. The van der Waals surface area contributed by atoms with Crippen molar-refractivity contribution in [3.8, 4) is 0 Å². The molecule has 1 fully saturated rings. The summed E-state index contributed by atoms with van der Waals surface area (Å²) in [6.45, 7) is 0.408. The van der Waals surface area contributed by atoms with E-state index in [0.29, 0.717) is 12.4 Å². The molecule has 0 aliphatic heterocycles. The molecule has 2 N–H and O–H groups in total. The first-order chi connectivity index (χ1) is 10.1. The lowest BCUT2D eigenvalue weighted by Crippen LogP contribution is -2.39. The zero-order valence-corrected chi connectivity index (χ0v) is 12.2. The van der Waals surface area contributed by atoms with Crippen molar-refractivity contribution in [2.75, 3.05) is 11.9 Å². The van der Waals surface area contributed by atoms with Crippen molar-refractivity contribution in [1.82, 2.24) is 14.5 Å². The van der Waals surface area contributed by atoms with Gasteiger partial charge >= 0.3 is 5.97 Å². The molecule has 6 heteroatoms. The summed E-state index contributed by atoms with van der Waals surface area (Å²) < 4.78 is 1.93. The van der Waals surface area contributed by atoms with Crippen LogP contribution in [0.25, 0.3) is 11.0 Å². The minimum Gasteiger partial charge on any atom is -0.481 e. The second kappa shape index (κ2) is 5.35. The number of pyridine rings is 1. The van der Waals surface area contributed by atoms with E-state index in [9.17, 15) is 9.90 Å². The highest BCUT2D eigenvalue weighted by atomic mass is 16.4. The van der Waals surface area contributed by atoms with Gasteiger partial charge in [0.1, 0.15) is 5.52 Å². The van der Waals surface area contributed by atoms with E-state index >= 15 is 0 Å². The van der Waals surface area contributed by atoms with Crippen molar-refractivity contribution in [3.63, 3.8) is 0 Å². The van der Waals surface area contributed by atoms with Gasteiger partial charge in [-0.1, -0.05) is 19.3 Å². The zero-order chi connectivity index (χ0) is 14.9. The molecule has 1 saturated carbocycles. The van der Waals surface area contributed by atoms with E-state index in [4.69, 9.17) is 0 Å². The average molecular weight is 288 g/mol. The molecule has 2 heterocycles. The Morgan fingerprint density at radius 3 is 2.86 bits per heavy atom. The SMILES string of the molecule is Cn1cnc2c(NCC3(C(=O)O)CCCCC3)nccc21. The van der Waals surface area contributed by atoms with Gasteiger partial charge in [0.2, 0.25) is 0 Å². The Morgan fingerprint density at radius 2 is 2.14 bits per heavy atom. The number of fused-ring (bicyclic) bond motifs is 1. The van der Waals surface area contributed by atoms with Crippen LogP contribution in [0.2, 0.25) is 0 Å². The Morgan fingerprint density at radius 1 is 1.38 bits per heavy atom. The predicted molar refractivity (Wildman–Crippen MR) is 80.2 cm³/mol. The summed E-state index contributed by atoms with van der Waals surface area (Å²) in [6, 6.07) is 1.90. The second-order valence-corrected chi connectivity index (χ2v) is 5.88. The number of nitrogens with one attached hydrogen (secondary N) is 1. The maximum atomic E-state index is 11.7. The van der Waals surface area contributed by atoms with Crippen molar-refractivity contribution < 1.29 is 9.90 Å². The minimum atomic E-state index is -0.706. The van der Waals surface area contributed by atoms with E-state index in [-0.39, 0.29) is 0 Å². The number of aliphatic carboxylic acids is 1. The summed E-state index contributed by atoms with van der Waals surface area (Å²) in [4.78, 5) is 20.3. The maximum Gasteiger partial charge on any atom is 0.311 e. The van der Waals surface area contributed by atoms with Crippen LogP contribution in [-0.2, 0) is 11.8 Å². The molecule has 21 heavy (non-hydrogen) atoms. The molecule has 1 aliphatic rings. The molecule has 0 unspecified atom stereocenters. The van der Waals surface area contributed by atoms with Gasteiger partial charge in [0.25, 0.3) is 0 Å². The van der Waals surface area contributed by atoms with Crippen LogP contribution >= 0.6 is 0 Å². The molecule has 2 aromatic rings. The topological polar surface area (TPSA) is 80.0 Å². The van der Waals surface area contributed by atoms with Gasteiger partial charge in [-0.15, -0.1) is 0 Å². The summed E-state index contributed by atoms with van der Waals surface area (Å²) >= 11 is 0. The molecule has 0 amide bonds. The maximum absolute atomic E-state index is 11.7. The van der Waals surface area contributed by atoms with Crippen molar-refractivity contribution >= 4 is 22.8 Å². The minimum absolute atomic E-state index is 0.408. The molecule has 3 rings (SSSR count). The largest absolute Gasteiger partial charge is 0.481 e. The summed E-state index contributed by atoms with van der Waals surface area (Å²) in [5, 5.41) is 12.8. The van der Waals surface area contributed by atoms with Gasteiger partial charge in [0.05, 0.1) is 17.3 Å². The Labute approximate surface area is 123 Å². The molecular weight excluding hydrogens is 268 g/mol. The number of hydrogen-bond acceptors (Lipinski definition) is 4. The smallest absolute Gasteiger partial charge is 0.311 e. The first-order valence-electron chi connectivity index (χ1n) is 7.36. The van der Waals surface area contributed by atoms with Crippen molar-refractivity contribution in [2.24, 2.45) is 12.5 Å². The fourth-order valence-corrected chi connectivity index (χ4v) is 3.14. The van der Waals surface area contributed by atoms with Gasteiger partial charge in [-0.05, 0) is 18.9 Å². The highest BCUT2D eigenvalue weighted by Gasteiger charge is 2.39. The lowest BCUT2D eigenvalue weighted by atomic mass is 9.74. The first-order valence-corrected chi connectivity index (χ1v) is 7.36. The van der Waals surface area contributed by atoms with E-state index in [1.165, 1.54) is 0 Å². The number of aromatic nitrogens is 3. The zero-order valence-electron chi connectivity index (χ0n) is 12.2. The van der Waals surface area contributed by atoms with Crippen LogP contribution in [0.3, 0.4) is 0 Å². The van der Waals surface area contributed by atoms with Gasteiger partial charge in [0.15, 0.2) is 5.82 Å².